The van der Waals surface area contributed by atoms with E-state index in [2.05, 4.69) is 0 Å². The molecule has 2 heteroatoms. The number of carbonyl (C=O) groups excluding carboxylic acids is 1. The molecule has 0 amide bonds. The van der Waals surface area contributed by atoms with E-state index in [0.717, 1.165) is 12.8 Å². The molecule has 52 valence electrons. The van der Waals surface area contributed by atoms with Crippen LogP contribution in [-0.2, 0) is 4.79 Å². The predicted molar refractivity (Wildman–Crippen MR) is 34.1 cm³/mol. The van der Waals surface area contributed by atoms with Gasteiger partial charge in [0.25, 0.3) is 0 Å². The van der Waals surface area contributed by atoms with E-state index in [-0.39, 0.29) is 17.8 Å². The molecule has 2 nitrogen and oxygen atoms in total. The predicted octanol–water partition coefficient (Wildman–Crippen LogP) is 0.738. The third-order valence-corrected chi connectivity index (χ3v) is 2.40. The number of hydrogen-bond donors (Lipinski definition) is 1. The summed E-state index contributed by atoms with van der Waals surface area (Å²) in [5, 5.41) is 8.79. The zero-order valence-corrected chi connectivity index (χ0v) is 5.68. The zero-order chi connectivity index (χ0) is 6.91. The van der Waals surface area contributed by atoms with Crippen LogP contribution < -0.4 is 0 Å². The first-order chi connectivity index (χ1) is 4.25. The van der Waals surface area contributed by atoms with E-state index in [1.807, 2.05) is 6.92 Å². The van der Waals surface area contributed by atoms with E-state index in [1.54, 1.807) is 0 Å². The number of aliphatic hydroxyl groups is 1. The number of hydrogen-bond acceptors (Lipinski definition) is 2. The van der Waals surface area contributed by atoms with Crippen molar-refractivity contribution in [3.05, 3.63) is 0 Å². The molecule has 0 aliphatic heterocycles. The summed E-state index contributed by atoms with van der Waals surface area (Å²) in [4.78, 5) is 10.9. The van der Waals surface area contributed by atoms with Gasteiger partial charge < -0.3 is 5.11 Å². The second-order valence-corrected chi connectivity index (χ2v) is 2.72. The van der Waals surface area contributed by atoms with Crippen molar-refractivity contribution in [3.63, 3.8) is 0 Å². The van der Waals surface area contributed by atoms with Gasteiger partial charge in [0.15, 0.2) is 0 Å². The molecule has 1 atom stereocenters. The molecule has 1 fully saturated rings. The van der Waals surface area contributed by atoms with Gasteiger partial charge in [0.2, 0.25) is 0 Å². The van der Waals surface area contributed by atoms with Gasteiger partial charge in [0.05, 0.1) is 12.0 Å². The summed E-state index contributed by atoms with van der Waals surface area (Å²) in [6.45, 7) is 2.00. The Hall–Kier alpha value is -0.370. The van der Waals surface area contributed by atoms with Crippen LogP contribution in [0, 0.1) is 5.41 Å². The van der Waals surface area contributed by atoms with Crippen molar-refractivity contribution in [2.75, 3.05) is 6.61 Å². The molecule has 0 heterocycles. The van der Waals surface area contributed by atoms with Crippen molar-refractivity contribution in [2.45, 2.75) is 26.2 Å². The Kier molecular flexibility index (Phi) is 1.58. The number of carbonyl (C=O) groups is 1. The van der Waals surface area contributed by atoms with E-state index < -0.39 is 0 Å². The molecule has 0 aromatic rings. The van der Waals surface area contributed by atoms with Gasteiger partial charge in [-0.3, -0.25) is 4.79 Å². The fourth-order valence-electron chi connectivity index (χ4n) is 1.23. The molecule has 1 aliphatic rings. The lowest BCUT2D eigenvalue weighted by molar-refractivity contribution is -0.141. The molecule has 1 aliphatic carbocycles. The fourth-order valence-corrected chi connectivity index (χ4v) is 1.23. The van der Waals surface area contributed by atoms with Crippen LogP contribution in [0.25, 0.3) is 0 Å². The van der Waals surface area contributed by atoms with Gasteiger partial charge in [0.1, 0.15) is 5.78 Å². The van der Waals surface area contributed by atoms with Gasteiger partial charge in [-0.25, -0.2) is 0 Å². The zero-order valence-electron chi connectivity index (χ0n) is 5.68. The number of Topliss-reactive ketones (excluding diaryl/α,β-unsaturated/α-hetero) is 1. The summed E-state index contributed by atoms with van der Waals surface area (Å²) in [7, 11) is 0. The minimum atomic E-state index is -0.319. The molecule has 1 rings (SSSR count). The minimum Gasteiger partial charge on any atom is -0.395 e. The molecule has 0 radical (unpaired) electrons. The molecular weight excluding hydrogens is 116 g/mol. The Balaban J connectivity index is 2.58. The van der Waals surface area contributed by atoms with Crippen LogP contribution in [0.15, 0.2) is 0 Å². The van der Waals surface area contributed by atoms with Crippen LogP contribution >= 0.6 is 0 Å². The van der Waals surface area contributed by atoms with Gasteiger partial charge >= 0.3 is 0 Å². The lowest BCUT2D eigenvalue weighted by atomic mass is 9.66. The first-order valence-electron chi connectivity index (χ1n) is 3.39. The SMILES string of the molecule is CC[C@@]1(CO)CCC1=O. The molecular formula is C7H12O2. The van der Waals surface area contributed by atoms with Gasteiger partial charge in [-0.05, 0) is 12.8 Å². The highest BCUT2D eigenvalue weighted by atomic mass is 16.3. The Morgan fingerprint density at radius 1 is 1.78 bits per heavy atom. The van der Waals surface area contributed by atoms with Gasteiger partial charge in [0, 0.05) is 6.42 Å². The first-order valence-corrected chi connectivity index (χ1v) is 3.39. The average molecular weight is 128 g/mol. The summed E-state index contributed by atoms with van der Waals surface area (Å²) in [5.41, 5.74) is -0.319. The van der Waals surface area contributed by atoms with Crippen LogP contribution in [-0.4, -0.2) is 17.5 Å². The maximum absolute atomic E-state index is 10.9. The lowest BCUT2D eigenvalue weighted by Crippen LogP contribution is -2.43. The van der Waals surface area contributed by atoms with Crippen molar-refractivity contribution in [3.8, 4) is 0 Å². The van der Waals surface area contributed by atoms with E-state index in [1.165, 1.54) is 0 Å². The van der Waals surface area contributed by atoms with E-state index in [4.69, 9.17) is 5.11 Å². The molecule has 0 aromatic heterocycles. The van der Waals surface area contributed by atoms with Gasteiger partial charge in [-0.15, -0.1) is 0 Å². The second-order valence-electron chi connectivity index (χ2n) is 2.72. The van der Waals surface area contributed by atoms with Crippen molar-refractivity contribution < 1.29 is 9.90 Å². The third-order valence-electron chi connectivity index (χ3n) is 2.40. The van der Waals surface area contributed by atoms with Crippen molar-refractivity contribution >= 4 is 5.78 Å². The third kappa shape index (κ3) is 0.778. The lowest BCUT2D eigenvalue weighted by Gasteiger charge is -2.37. The number of ketones is 1. The van der Waals surface area contributed by atoms with Gasteiger partial charge in [-0.1, -0.05) is 6.92 Å². The van der Waals surface area contributed by atoms with Crippen LogP contribution in [0.2, 0.25) is 0 Å². The Labute approximate surface area is 54.9 Å². The topological polar surface area (TPSA) is 37.3 Å². The van der Waals surface area contributed by atoms with E-state index in [0.29, 0.717) is 6.42 Å². The highest BCUT2D eigenvalue weighted by Gasteiger charge is 2.43. The second kappa shape index (κ2) is 2.10. The number of aliphatic hydroxyl groups excluding tert-OH is 1. The fraction of sp³-hybridized carbons (Fsp3) is 0.857. The molecule has 9 heavy (non-hydrogen) atoms. The summed E-state index contributed by atoms with van der Waals surface area (Å²) < 4.78 is 0. The quantitative estimate of drug-likeness (QED) is 0.595. The average Bonchev–Trinajstić information content (AvgIpc) is 1.89. The molecule has 0 saturated heterocycles. The molecule has 0 bridgehead atoms. The van der Waals surface area contributed by atoms with Crippen molar-refractivity contribution in [2.24, 2.45) is 5.41 Å². The van der Waals surface area contributed by atoms with Crippen LogP contribution in [0.3, 0.4) is 0 Å². The maximum Gasteiger partial charge on any atom is 0.141 e. The number of rotatable bonds is 2. The van der Waals surface area contributed by atoms with Crippen molar-refractivity contribution in [1.82, 2.24) is 0 Å². The summed E-state index contributed by atoms with van der Waals surface area (Å²) >= 11 is 0. The summed E-state index contributed by atoms with van der Waals surface area (Å²) in [5.74, 6) is 0.243. The highest BCUT2D eigenvalue weighted by molar-refractivity contribution is 5.90. The Morgan fingerprint density at radius 3 is 2.44 bits per heavy atom. The van der Waals surface area contributed by atoms with Crippen LogP contribution in [0.5, 0.6) is 0 Å². The maximum atomic E-state index is 10.9. The Bertz CT molecular complexity index is 119. The smallest absolute Gasteiger partial charge is 0.141 e. The molecule has 0 unspecified atom stereocenters. The highest BCUT2D eigenvalue weighted by Crippen LogP contribution is 2.39. The first kappa shape index (κ1) is 6.75. The molecule has 1 saturated carbocycles. The summed E-state index contributed by atoms with van der Waals surface area (Å²) in [6.07, 6.45) is 2.36. The van der Waals surface area contributed by atoms with Crippen LogP contribution in [0.4, 0.5) is 0 Å². The largest absolute Gasteiger partial charge is 0.395 e. The molecule has 0 aromatic carbocycles. The normalized spacial score (nSPS) is 34.2. The monoisotopic (exact) mass is 128 g/mol. The summed E-state index contributed by atoms with van der Waals surface area (Å²) in [6, 6.07) is 0. The minimum absolute atomic E-state index is 0.0440. The van der Waals surface area contributed by atoms with E-state index >= 15 is 0 Å². The van der Waals surface area contributed by atoms with Crippen molar-refractivity contribution in [1.29, 1.82) is 0 Å². The molecule has 0 spiro atoms. The van der Waals surface area contributed by atoms with Gasteiger partial charge in [-0.2, -0.15) is 0 Å². The van der Waals surface area contributed by atoms with Crippen LogP contribution in [0.1, 0.15) is 26.2 Å². The molecule has 1 N–H and O–H groups in total. The van der Waals surface area contributed by atoms with E-state index in [9.17, 15) is 4.79 Å². The Morgan fingerprint density at radius 2 is 2.44 bits per heavy atom. The standard InChI is InChI=1S/C7H12O2/c1-2-7(5-8)4-3-6(7)9/h8H,2-5H2,1H3/t7-/m0/s1.